The van der Waals surface area contributed by atoms with Crippen LogP contribution in [0, 0.1) is 0 Å². The molecule has 0 bridgehead atoms. The Morgan fingerprint density at radius 3 is 2.54 bits per heavy atom. The van der Waals surface area contributed by atoms with Crippen LogP contribution in [-0.4, -0.2) is 36.1 Å². The number of fused-ring (bicyclic) bond motifs is 3. The van der Waals surface area contributed by atoms with Crippen LogP contribution in [0.3, 0.4) is 0 Å². The van der Waals surface area contributed by atoms with E-state index in [0.29, 0.717) is 17.4 Å². The van der Waals surface area contributed by atoms with Gasteiger partial charge < -0.3 is 24.3 Å². The van der Waals surface area contributed by atoms with Gasteiger partial charge in [-0.2, -0.15) is 10.1 Å². The fourth-order valence-corrected chi connectivity index (χ4v) is 4.84. The third kappa shape index (κ3) is 3.37. The second kappa shape index (κ2) is 8.39. The molecule has 8 heteroatoms. The largest absolute Gasteiger partial charge is 0.497 e. The first-order valence-corrected chi connectivity index (χ1v) is 11.2. The lowest BCUT2D eigenvalue weighted by atomic mass is 9.84. The maximum Gasteiger partial charge on any atom is 0.226 e. The van der Waals surface area contributed by atoms with E-state index in [1.165, 1.54) is 0 Å². The smallest absolute Gasteiger partial charge is 0.226 e. The van der Waals surface area contributed by atoms with E-state index >= 15 is 0 Å². The fourth-order valence-electron chi connectivity index (χ4n) is 4.84. The summed E-state index contributed by atoms with van der Waals surface area (Å²) in [6.07, 6.45) is 1.15. The quantitative estimate of drug-likeness (QED) is 0.448. The minimum atomic E-state index is -0.416. The molecule has 0 saturated carbocycles. The van der Waals surface area contributed by atoms with Gasteiger partial charge in [-0.1, -0.05) is 30.3 Å². The Hall–Kier alpha value is -4.46. The summed E-state index contributed by atoms with van der Waals surface area (Å²) in [6.45, 7) is 0. The molecule has 0 amide bonds. The number of nitrogens with zero attached hydrogens (tertiary/aromatic N) is 3. The second-order valence-corrected chi connectivity index (χ2v) is 8.27. The van der Waals surface area contributed by atoms with Crippen LogP contribution < -0.4 is 24.3 Å². The maximum atomic E-state index is 6.67. The number of methoxy groups -OCH3 is 3. The highest BCUT2D eigenvalue weighted by molar-refractivity contribution is 5.85. The van der Waals surface area contributed by atoms with E-state index in [4.69, 9.17) is 18.9 Å². The van der Waals surface area contributed by atoms with E-state index in [0.717, 1.165) is 39.5 Å². The zero-order valence-corrected chi connectivity index (χ0v) is 19.6. The molecule has 4 aromatic rings. The summed E-state index contributed by atoms with van der Waals surface area (Å²) in [6, 6.07) is 21.6. The number of aromatic nitrogens is 3. The second-order valence-electron chi connectivity index (χ2n) is 8.27. The first-order chi connectivity index (χ1) is 17.2. The molecular formula is C27H24N4O4. The van der Waals surface area contributed by atoms with Crippen LogP contribution in [0.4, 0.5) is 5.95 Å². The molecule has 2 aliphatic rings. The lowest BCUT2D eigenvalue weighted by molar-refractivity contribution is 0.222. The van der Waals surface area contributed by atoms with Gasteiger partial charge in [-0.15, -0.1) is 0 Å². The molecule has 3 heterocycles. The Kier molecular flexibility index (Phi) is 5.06. The Morgan fingerprint density at radius 1 is 0.857 bits per heavy atom. The monoisotopic (exact) mass is 468 g/mol. The van der Waals surface area contributed by atoms with Crippen LogP contribution in [0.2, 0.25) is 0 Å². The van der Waals surface area contributed by atoms with Crippen LogP contribution in [0.5, 0.6) is 23.0 Å². The van der Waals surface area contributed by atoms with Crippen molar-refractivity contribution < 1.29 is 18.9 Å². The van der Waals surface area contributed by atoms with Gasteiger partial charge in [-0.3, -0.25) is 0 Å². The van der Waals surface area contributed by atoms with Crippen molar-refractivity contribution in [1.82, 2.24) is 14.8 Å². The summed E-state index contributed by atoms with van der Waals surface area (Å²) >= 11 is 0. The zero-order chi connectivity index (χ0) is 23.9. The molecule has 6 rings (SSSR count). The first-order valence-electron chi connectivity index (χ1n) is 11.2. The summed E-state index contributed by atoms with van der Waals surface area (Å²) in [5.74, 6) is 3.52. The molecule has 1 aromatic heterocycles. The number of hydrogen-bond donors (Lipinski definition) is 1. The molecule has 2 unspecified atom stereocenters. The molecular weight excluding hydrogens is 444 g/mol. The Balaban J connectivity index is 1.60. The van der Waals surface area contributed by atoms with Gasteiger partial charge in [0.1, 0.15) is 30.0 Å². The highest BCUT2D eigenvalue weighted by Gasteiger charge is 2.41. The molecule has 2 aliphatic heterocycles. The molecule has 35 heavy (non-hydrogen) atoms. The SMILES string of the molecule is COc1cccc(C2C3=C(Nc4ncnn42)c2ccccc2OC3c2ccc(OC)c(OC)c2)c1. The highest BCUT2D eigenvalue weighted by Crippen LogP contribution is 2.51. The van der Waals surface area contributed by atoms with Gasteiger partial charge in [0.25, 0.3) is 0 Å². The summed E-state index contributed by atoms with van der Waals surface area (Å²) < 4.78 is 25.2. The third-order valence-electron chi connectivity index (χ3n) is 6.44. The van der Waals surface area contributed by atoms with E-state index in [2.05, 4.69) is 27.5 Å². The summed E-state index contributed by atoms with van der Waals surface area (Å²) in [7, 11) is 4.92. The van der Waals surface area contributed by atoms with Crippen LogP contribution >= 0.6 is 0 Å². The van der Waals surface area contributed by atoms with Crippen molar-refractivity contribution in [2.24, 2.45) is 0 Å². The molecule has 0 spiro atoms. The molecule has 0 aliphatic carbocycles. The minimum absolute atomic E-state index is 0.273. The molecule has 1 N–H and O–H groups in total. The Bertz CT molecular complexity index is 1440. The molecule has 0 saturated heterocycles. The van der Waals surface area contributed by atoms with E-state index in [-0.39, 0.29) is 6.04 Å². The van der Waals surface area contributed by atoms with Crippen molar-refractivity contribution in [3.63, 3.8) is 0 Å². The predicted octanol–water partition coefficient (Wildman–Crippen LogP) is 4.86. The van der Waals surface area contributed by atoms with Gasteiger partial charge in [0, 0.05) is 16.7 Å². The van der Waals surface area contributed by atoms with Crippen molar-refractivity contribution in [1.29, 1.82) is 0 Å². The Morgan fingerprint density at radius 2 is 1.71 bits per heavy atom. The normalized spacial score (nSPS) is 17.9. The number of benzene rings is 3. The van der Waals surface area contributed by atoms with Crippen LogP contribution in [0.25, 0.3) is 5.70 Å². The van der Waals surface area contributed by atoms with Crippen LogP contribution in [0.1, 0.15) is 28.8 Å². The van der Waals surface area contributed by atoms with Crippen LogP contribution in [-0.2, 0) is 0 Å². The number of anilines is 1. The van der Waals surface area contributed by atoms with E-state index in [9.17, 15) is 0 Å². The van der Waals surface area contributed by atoms with Gasteiger partial charge in [0.15, 0.2) is 11.5 Å². The molecule has 3 aromatic carbocycles. The molecule has 2 atom stereocenters. The molecule has 0 radical (unpaired) electrons. The van der Waals surface area contributed by atoms with Crippen molar-refractivity contribution in [3.8, 4) is 23.0 Å². The fraction of sp³-hybridized carbons (Fsp3) is 0.185. The van der Waals surface area contributed by atoms with Crippen molar-refractivity contribution in [3.05, 3.63) is 95.3 Å². The lowest BCUT2D eigenvalue weighted by Crippen LogP contribution is -2.32. The average Bonchev–Trinajstić information content (AvgIpc) is 3.39. The van der Waals surface area contributed by atoms with Crippen molar-refractivity contribution in [2.45, 2.75) is 12.1 Å². The summed E-state index contributed by atoms with van der Waals surface area (Å²) in [5.41, 5.74) is 4.89. The number of para-hydroxylation sites is 1. The van der Waals surface area contributed by atoms with Gasteiger partial charge in [0.05, 0.1) is 27.0 Å². The van der Waals surface area contributed by atoms with Crippen molar-refractivity contribution >= 4 is 11.6 Å². The number of nitrogens with one attached hydrogen (secondary N) is 1. The summed E-state index contributed by atoms with van der Waals surface area (Å²) in [5, 5.41) is 8.09. The standard InChI is InChI=1S/C27H24N4O4/c1-32-18-8-6-7-16(13-18)25-23-24(30-27-28-15-29-31(25)27)19-9-4-5-10-20(19)35-26(23)17-11-12-21(33-2)22(14-17)34-3/h4-15,25-26H,1-3H3,(H,28,29,30). The number of hydrogen-bond acceptors (Lipinski definition) is 7. The van der Waals surface area contributed by atoms with E-state index < -0.39 is 6.10 Å². The van der Waals surface area contributed by atoms with E-state index in [1.54, 1.807) is 27.7 Å². The molecule has 0 fully saturated rings. The minimum Gasteiger partial charge on any atom is -0.497 e. The average molecular weight is 469 g/mol. The topological polar surface area (TPSA) is 79.7 Å². The lowest BCUT2D eigenvalue weighted by Gasteiger charge is -2.39. The highest BCUT2D eigenvalue weighted by atomic mass is 16.5. The Labute approximate surface area is 202 Å². The van der Waals surface area contributed by atoms with E-state index in [1.807, 2.05) is 59.3 Å². The predicted molar refractivity (Wildman–Crippen MR) is 131 cm³/mol. The zero-order valence-electron chi connectivity index (χ0n) is 19.6. The molecule has 8 nitrogen and oxygen atoms in total. The van der Waals surface area contributed by atoms with Crippen LogP contribution in [0.15, 0.2) is 78.6 Å². The third-order valence-corrected chi connectivity index (χ3v) is 6.44. The van der Waals surface area contributed by atoms with Crippen molar-refractivity contribution in [2.75, 3.05) is 26.6 Å². The summed E-state index contributed by atoms with van der Waals surface area (Å²) in [4.78, 5) is 4.48. The van der Waals surface area contributed by atoms with Gasteiger partial charge in [-0.25, -0.2) is 4.68 Å². The maximum absolute atomic E-state index is 6.67. The van der Waals surface area contributed by atoms with Gasteiger partial charge in [-0.05, 0) is 42.0 Å². The molecule has 176 valence electrons. The van der Waals surface area contributed by atoms with Gasteiger partial charge in [0.2, 0.25) is 5.95 Å². The number of rotatable bonds is 5. The number of ether oxygens (including phenoxy) is 4. The van der Waals surface area contributed by atoms with Gasteiger partial charge >= 0.3 is 0 Å². The first kappa shape index (κ1) is 21.1.